The minimum Gasteiger partial charge on any atom is -0.307 e. The van der Waals surface area contributed by atoms with Gasteiger partial charge in [-0.25, -0.2) is 0 Å². The summed E-state index contributed by atoms with van der Waals surface area (Å²) in [5.74, 6) is 0. The van der Waals surface area contributed by atoms with E-state index in [2.05, 4.69) is 77.9 Å². The SMILES string of the molecule is CC(C)(C)c1ccc2c3ccccc3n(-c3cc(C#N)c(-c4ccc(C(F)(F)F)cc4C(F)(F)F)cc3-n3c4ccccc4c4ccc(C(C)(C)C)cc43)c2c1. The highest BCUT2D eigenvalue weighted by Crippen LogP contribution is 2.46. The van der Waals surface area contributed by atoms with Crippen LogP contribution in [0.1, 0.15) is 69.4 Å². The van der Waals surface area contributed by atoms with Gasteiger partial charge in [-0.1, -0.05) is 108 Å². The molecule has 2 heterocycles. The van der Waals surface area contributed by atoms with Crippen molar-refractivity contribution in [1.29, 1.82) is 5.26 Å². The Morgan fingerprint density at radius 1 is 0.446 bits per heavy atom. The Morgan fingerprint density at radius 2 is 0.893 bits per heavy atom. The molecular weight excluding hydrogens is 721 g/mol. The zero-order valence-corrected chi connectivity index (χ0v) is 31.6. The van der Waals surface area contributed by atoms with Gasteiger partial charge in [0.25, 0.3) is 0 Å². The highest BCUT2D eigenvalue weighted by molar-refractivity contribution is 6.12. The first-order valence-electron chi connectivity index (χ1n) is 18.2. The van der Waals surface area contributed by atoms with E-state index < -0.39 is 29.0 Å². The molecule has 9 heteroatoms. The van der Waals surface area contributed by atoms with E-state index >= 15 is 0 Å². The number of aromatic nitrogens is 2. The third-order valence-electron chi connectivity index (χ3n) is 10.7. The molecule has 0 N–H and O–H groups in total. The predicted octanol–water partition coefficient (Wildman–Crippen LogP) is 14.1. The zero-order valence-electron chi connectivity index (χ0n) is 31.6. The van der Waals surface area contributed by atoms with Crippen molar-refractivity contribution in [2.24, 2.45) is 0 Å². The molecule has 3 nitrogen and oxygen atoms in total. The molecular formula is C47H37F6N3. The molecule has 0 aliphatic heterocycles. The number of nitriles is 1. The second-order valence-electron chi connectivity index (χ2n) is 16.4. The summed E-state index contributed by atoms with van der Waals surface area (Å²) >= 11 is 0. The van der Waals surface area contributed by atoms with Crippen molar-refractivity contribution in [2.45, 2.75) is 64.7 Å². The summed E-state index contributed by atoms with van der Waals surface area (Å²) in [4.78, 5) is 0. The normalized spacial score (nSPS) is 13.0. The highest BCUT2D eigenvalue weighted by atomic mass is 19.4. The minimum absolute atomic E-state index is 0.122. The van der Waals surface area contributed by atoms with Crippen LogP contribution < -0.4 is 0 Å². The van der Waals surface area contributed by atoms with Crippen molar-refractivity contribution >= 4 is 43.6 Å². The van der Waals surface area contributed by atoms with Gasteiger partial charge in [-0.05, 0) is 76.1 Å². The van der Waals surface area contributed by atoms with Crippen molar-refractivity contribution in [1.82, 2.24) is 9.13 Å². The summed E-state index contributed by atoms with van der Waals surface area (Å²) in [6, 6.07) is 34.9. The molecule has 56 heavy (non-hydrogen) atoms. The number of nitrogens with zero attached hydrogens (tertiary/aromatic N) is 3. The predicted molar refractivity (Wildman–Crippen MR) is 213 cm³/mol. The smallest absolute Gasteiger partial charge is 0.307 e. The number of fused-ring (bicyclic) bond motifs is 6. The van der Waals surface area contributed by atoms with E-state index in [0.717, 1.165) is 60.8 Å². The molecule has 0 fully saturated rings. The Labute approximate surface area is 320 Å². The Balaban J connectivity index is 1.59. The lowest BCUT2D eigenvalue weighted by molar-refractivity contribution is -0.142. The molecule has 6 aromatic carbocycles. The van der Waals surface area contributed by atoms with E-state index in [1.807, 2.05) is 63.7 Å². The van der Waals surface area contributed by atoms with Crippen molar-refractivity contribution in [2.75, 3.05) is 0 Å². The largest absolute Gasteiger partial charge is 0.417 e. The Morgan fingerprint density at radius 3 is 1.34 bits per heavy atom. The summed E-state index contributed by atoms with van der Waals surface area (Å²) < 4.78 is 90.0. The van der Waals surface area contributed by atoms with Gasteiger partial charge in [-0.15, -0.1) is 0 Å². The van der Waals surface area contributed by atoms with Crippen LogP contribution in [0.2, 0.25) is 0 Å². The molecule has 0 unspecified atom stereocenters. The fraction of sp³-hybridized carbons (Fsp3) is 0.213. The number of alkyl halides is 6. The van der Waals surface area contributed by atoms with Crippen molar-refractivity contribution < 1.29 is 26.3 Å². The fourth-order valence-electron chi connectivity index (χ4n) is 7.83. The highest BCUT2D eigenvalue weighted by Gasteiger charge is 2.39. The average Bonchev–Trinajstić information content (AvgIpc) is 3.64. The number of hydrogen-bond donors (Lipinski definition) is 0. The standard InChI is InChI=1S/C47H37F6N3/c1-44(2,3)28-15-19-34-32-11-7-9-13-38(32)55(40(34)23-28)42-21-27(26-54)36(31-18-17-30(46(48,49)50)22-37(31)47(51,52)53)25-43(42)56-39-14-10-8-12-33(39)35-20-16-29(24-41(35)56)45(4,5)6/h7-25H,1-6H3. The molecule has 0 bridgehead atoms. The lowest BCUT2D eigenvalue weighted by Gasteiger charge is -2.23. The van der Waals surface area contributed by atoms with Crippen LogP contribution in [0.15, 0.2) is 115 Å². The van der Waals surface area contributed by atoms with Crippen LogP contribution >= 0.6 is 0 Å². The van der Waals surface area contributed by atoms with Gasteiger partial charge >= 0.3 is 12.4 Å². The van der Waals surface area contributed by atoms with E-state index in [1.165, 1.54) is 6.07 Å². The molecule has 0 saturated heterocycles. The third-order valence-corrected chi connectivity index (χ3v) is 10.7. The maximum atomic E-state index is 14.8. The van der Waals surface area contributed by atoms with E-state index in [9.17, 15) is 31.6 Å². The van der Waals surface area contributed by atoms with E-state index in [0.29, 0.717) is 17.4 Å². The maximum Gasteiger partial charge on any atom is 0.417 e. The molecule has 0 spiro atoms. The molecule has 2 aromatic heterocycles. The van der Waals surface area contributed by atoms with Gasteiger partial charge < -0.3 is 9.13 Å². The summed E-state index contributed by atoms with van der Waals surface area (Å²) in [7, 11) is 0. The van der Waals surface area contributed by atoms with Crippen LogP contribution in [0, 0.1) is 11.3 Å². The van der Waals surface area contributed by atoms with Gasteiger partial charge in [-0.3, -0.25) is 0 Å². The maximum absolute atomic E-state index is 14.8. The van der Waals surface area contributed by atoms with Crippen LogP contribution in [0.25, 0.3) is 66.1 Å². The Bertz CT molecular complexity index is 2920. The fourth-order valence-corrected chi connectivity index (χ4v) is 7.83. The van der Waals surface area contributed by atoms with Gasteiger partial charge in [0.1, 0.15) is 0 Å². The first-order valence-corrected chi connectivity index (χ1v) is 18.2. The quantitative estimate of drug-likeness (QED) is 0.165. The molecule has 0 aliphatic rings. The Hall–Kier alpha value is -6.01. The monoisotopic (exact) mass is 757 g/mol. The van der Waals surface area contributed by atoms with Crippen molar-refractivity contribution in [3.63, 3.8) is 0 Å². The summed E-state index contributed by atoms with van der Waals surface area (Å²) in [6.07, 6.45) is -10.2. The second kappa shape index (κ2) is 12.5. The average molecular weight is 758 g/mol. The lowest BCUT2D eigenvalue weighted by Crippen LogP contribution is -2.13. The van der Waals surface area contributed by atoms with Gasteiger partial charge in [0.05, 0.1) is 56.2 Å². The first-order chi connectivity index (χ1) is 26.3. The van der Waals surface area contributed by atoms with Gasteiger partial charge in [-0.2, -0.15) is 31.6 Å². The van der Waals surface area contributed by atoms with Crippen molar-refractivity contribution in [3.8, 4) is 28.6 Å². The number of para-hydroxylation sites is 2. The molecule has 0 aliphatic carbocycles. The zero-order chi connectivity index (χ0) is 40.1. The van der Waals surface area contributed by atoms with Crippen LogP contribution in [-0.4, -0.2) is 9.13 Å². The molecule has 282 valence electrons. The molecule has 0 amide bonds. The summed E-state index contributed by atoms with van der Waals surface area (Å²) in [6.45, 7) is 12.6. The number of halogens is 6. The Kier molecular flexibility index (Phi) is 8.25. The van der Waals surface area contributed by atoms with Gasteiger partial charge in [0.15, 0.2) is 0 Å². The van der Waals surface area contributed by atoms with Crippen molar-refractivity contribution in [3.05, 3.63) is 143 Å². The van der Waals surface area contributed by atoms with E-state index in [4.69, 9.17) is 0 Å². The van der Waals surface area contributed by atoms with Crippen LogP contribution in [0.3, 0.4) is 0 Å². The topological polar surface area (TPSA) is 33.6 Å². The summed E-state index contributed by atoms with van der Waals surface area (Å²) in [5.41, 5.74) is 2.07. The summed E-state index contributed by atoms with van der Waals surface area (Å²) in [5, 5.41) is 14.4. The first kappa shape index (κ1) is 36.9. The van der Waals surface area contributed by atoms with Crippen LogP contribution in [0.5, 0.6) is 0 Å². The minimum atomic E-state index is -5.16. The molecule has 0 radical (unpaired) electrons. The third kappa shape index (κ3) is 5.99. The molecule has 8 rings (SSSR count). The number of hydrogen-bond acceptors (Lipinski definition) is 1. The molecule has 0 atom stereocenters. The van der Waals surface area contributed by atoms with Crippen LogP contribution in [0.4, 0.5) is 26.3 Å². The van der Waals surface area contributed by atoms with E-state index in [-0.39, 0.29) is 28.0 Å². The lowest BCUT2D eigenvalue weighted by atomic mass is 9.86. The number of benzene rings is 6. The number of rotatable bonds is 3. The van der Waals surface area contributed by atoms with E-state index in [1.54, 1.807) is 6.07 Å². The van der Waals surface area contributed by atoms with Crippen LogP contribution in [-0.2, 0) is 23.2 Å². The van der Waals surface area contributed by atoms with Gasteiger partial charge in [0.2, 0.25) is 0 Å². The molecule has 0 saturated carbocycles. The molecule has 8 aromatic rings. The second-order valence-corrected chi connectivity index (χ2v) is 16.4. The van der Waals surface area contributed by atoms with Gasteiger partial charge in [0, 0.05) is 27.1 Å².